The minimum atomic E-state index is 0. The molecule has 1 rings (SSSR count). The van der Waals surface area contributed by atoms with E-state index in [1.807, 2.05) is 12.1 Å². The van der Waals surface area contributed by atoms with Crippen molar-refractivity contribution in [2.75, 3.05) is 54.1 Å². The van der Waals surface area contributed by atoms with E-state index in [0.717, 1.165) is 56.8 Å². The van der Waals surface area contributed by atoms with E-state index >= 15 is 0 Å². The summed E-state index contributed by atoms with van der Waals surface area (Å²) in [5.41, 5.74) is 1.17. The third-order valence-corrected chi connectivity index (χ3v) is 4.25. The van der Waals surface area contributed by atoms with Crippen LogP contribution >= 0.6 is 24.0 Å². The highest BCUT2D eigenvalue weighted by atomic mass is 127. The van der Waals surface area contributed by atoms with Crippen molar-refractivity contribution in [2.45, 2.75) is 33.2 Å². The number of halogens is 1. The topological polar surface area (TPSA) is 58.1 Å². The van der Waals surface area contributed by atoms with Crippen LogP contribution in [0.3, 0.4) is 0 Å². The molecule has 7 heteroatoms. The van der Waals surface area contributed by atoms with Crippen LogP contribution in [0.15, 0.2) is 29.3 Å². The van der Waals surface area contributed by atoms with Gasteiger partial charge in [-0.15, -0.1) is 24.0 Å². The Morgan fingerprint density at radius 2 is 1.93 bits per heavy atom. The first-order valence-electron chi connectivity index (χ1n) is 9.89. The van der Waals surface area contributed by atoms with Crippen molar-refractivity contribution in [3.05, 3.63) is 29.8 Å². The molecule has 0 saturated carbocycles. The number of hydrogen-bond acceptors (Lipinski definition) is 4. The van der Waals surface area contributed by atoms with Crippen LogP contribution in [-0.4, -0.2) is 64.9 Å². The lowest BCUT2D eigenvalue weighted by Crippen LogP contribution is -2.37. The molecule has 0 aromatic heterocycles. The second kappa shape index (κ2) is 16.9. The summed E-state index contributed by atoms with van der Waals surface area (Å²) in [6.45, 7) is 9.35. The van der Waals surface area contributed by atoms with Gasteiger partial charge in [0, 0.05) is 40.3 Å². The zero-order valence-corrected chi connectivity index (χ0v) is 20.5. The largest absolute Gasteiger partial charge is 0.492 e. The molecule has 0 radical (unpaired) electrons. The Kier molecular flexibility index (Phi) is 16.2. The quantitative estimate of drug-likeness (QED) is 0.186. The van der Waals surface area contributed by atoms with Gasteiger partial charge in [-0.25, -0.2) is 0 Å². The molecule has 0 spiro atoms. The fourth-order valence-electron chi connectivity index (χ4n) is 2.55. The summed E-state index contributed by atoms with van der Waals surface area (Å²) in [5, 5.41) is 6.72. The number of ether oxygens (including phenoxy) is 2. The maximum atomic E-state index is 5.88. The molecule has 0 unspecified atom stereocenters. The molecule has 1 aromatic rings. The van der Waals surface area contributed by atoms with Crippen LogP contribution < -0.4 is 15.4 Å². The number of guanidine groups is 1. The van der Waals surface area contributed by atoms with Crippen LogP contribution in [0.25, 0.3) is 0 Å². The molecule has 0 aliphatic heterocycles. The molecule has 28 heavy (non-hydrogen) atoms. The van der Waals surface area contributed by atoms with Gasteiger partial charge in [-0.1, -0.05) is 26.0 Å². The van der Waals surface area contributed by atoms with Crippen molar-refractivity contribution in [3.63, 3.8) is 0 Å². The Bertz CT molecular complexity index is 541. The monoisotopic (exact) mass is 506 g/mol. The van der Waals surface area contributed by atoms with E-state index in [1.165, 1.54) is 12.0 Å². The van der Waals surface area contributed by atoms with Crippen LogP contribution in [0, 0.1) is 5.92 Å². The Morgan fingerprint density at radius 3 is 2.61 bits per heavy atom. The van der Waals surface area contributed by atoms with Crippen molar-refractivity contribution in [3.8, 4) is 5.75 Å². The van der Waals surface area contributed by atoms with E-state index in [-0.39, 0.29) is 24.0 Å². The second-order valence-corrected chi connectivity index (χ2v) is 7.18. The molecule has 0 fully saturated rings. The molecule has 0 amide bonds. The highest BCUT2D eigenvalue weighted by molar-refractivity contribution is 14.0. The van der Waals surface area contributed by atoms with Gasteiger partial charge in [-0.05, 0) is 43.5 Å². The van der Waals surface area contributed by atoms with Gasteiger partial charge in [0.2, 0.25) is 0 Å². The summed E-state index contributed by atoms with van der Waals surface area (Å²) >= 11 is 0. The van der Waals surface area contributed by atoms with Gasteiger partial charge >= 0.3 is 0 Å². The number of rotatable bonds is 13. The molecular weight excluding hydrogens is 467 g/mol. The SMILES string of the molecule is CN=C(NCCCC(C)C)NCc1cccc(OCCN(C)CCOC)c1.I. The summed E-state index contributed by atoms with van der Waals surface area (Å²) in [6, 6.07) is 8.20. The van der Waals surface area contributed by atoms with Crippen molar-refractivity contribution in [1.29, 1.82) is 0 Å². The molecule has 0 saturated heterocycles. The highest BCUT2D eigenvalue weighted by Crippen LogP contribution is 2.13. The van der Waals surface area contributed by atoms with Crippen molar-refractivity contribution < 1.29 is 9.47 Å². The molecule has 0 heterocycles. The lowest BCUT2D eigenvalue weighted by atomic mass is 10.1. The number of methoxy groups -OCH3 is 1. The van der Waals surface area contributed by atoms with E-state index in [0.29, 0.717) is 6.61 Å². The van der Waals surface area contributed by atoms with Gasteiger partial charge in [0.05, 0.1) is 6.61 Å². The third-order valence-electron chi connectivity index (χ3n) is 4.25. The summed E-state index contributed by atoms with van der Waals surface area (Å²) in [6.07, 6.45) is 2.38. The van der Waals surface area contributed by atoms with Crippen molar-refractivity contribution in [2.24, 2.45) is 10.9 Å². The average molecular weight is 506 g/mol. The molecule has 0 atom stereocenters. The standard InChI is InChI=1S/C21H38N4O2.HI/c1-18(2)8-7-11-23-21(22-3)24-17-19-9-6-10-20(16-19)27-15-13-25(4)12-14-26-5;/h6,9-10,16,18H,7-8,11-15,17H2,1-5H3,(H2,22,23,24);1H. The smallest absolute Gasteiger partial charge is 0.191 e. The molecule has 2 N–H and O–H groups in total. The number of likely N-dealkylation sites (N-methyl/N-ethyl adjacent to an activating group) is 1. The summed E-state index contributed by atoms with van der Waals surface area (Å²) in [5.74, 6) is 2.48. The Balaban J connectivity index is 0.00000729. The van der Waals surface area contributed by atoms with E-state index in [9.17, 15) is 0 Å². The first-order valence-corrected chi connectivity index (χ1v) is 9.89. The van der Waals surface area contributed by atoms with Gasteiger partial charge in [0.1, 0.15) is 12.4 Å². The second-order valence-electron chi connectivity index (χ2n) is 7.18. The van der Waals surface area contributed by atoms with E-state index in [2.05, 4.69) is 53.6 Å². The fraction of sp³-hybridized carbons (Fsp3) is 0.667. The molecule has 6 nitrogen and oxygen atoms in total. The lowest BCUT2D eigenvalue weighted by Gasteiger charge is -2.16. The number of nitrogens with zero attached hydrogens (tertiary/aromatic N) is 2. The average Bonchev–Trinajstić information content (AvgIpc) is 2.66. The van der Waals surface area contributed by atoms with E-state index in [1.54, 1.807) is 14.2 Å². The van der Waals surface area contributed by atoms with E-state index in [4.69, 9.17) is 9.47 Å². The molecule has 1 aromatic carbocycles. The third kappa shape index (κ3) is 13.2. The van der Waals surface area contributed by atoms with Crippen molar-refractivity contribution in [1.82, 2.24) is 15.5 Å². The summed E-state index contributed by atoms with van der Waals surface area (Å²) in [4.78, 5) is 6.48. The van der Waals surface area contributed by atoms with Gasteiger partial charge in [0.15, 0.2) is 5.96 Å². The van der Waals surface area contributed by atoms with Gasteiger partial charge < -0.3 is 25.0 Å². The Morgan fingerprint density at radius 1 is 1.18 bits per heavy atom. The molecular formula is C21H39IN4O2. The summed E-state index contributed by atoms with van der Waals surface area (Å²) < 4.78 is 11.0. The van der Waals surface area contributed by atoms with Crippen LogP contribution in [0.4, 0.5) is 0 Å². The molecule has 0 aliphatic carbocycles. The predicted molar refractivity (Wildman–Crippen MR) is 129 cm³/mol. The molecule has 0 aliphatic rings. The van der Waals surface area contributed by atoms with Gasteiger partial charge in [-0.3, -0.25) is 4.99 Å². The van der Waals surface area contributed by atoms with E-state index < -0.39 is 0 Å². The predicted octanol–water partition coefficient (Wildman–Crippen LogP) is 3.36. The van der Waals surface area contributed by atoms with Crippen LogP contribution in [0.5, 0.6) is 5.75 Å². The van der Waals surface area contributed by atoms with Crippen LogP contribution in [0.1, 0.15) is 32.3 Å². The molecule has 162 valence electrons. The Labute approximate surface area is 188 Å². The number of hydrogen-bond donors (Lipinski definition) is 2. The fourth-order valence-corrected chi connectivity index (χ4v) is 2.55. The minimum Gasteiger partial charge on any atom is -0.492 e. The highest BCUT2D eigenvalue weighted by Gasteiger charge is 2.02. The van der Waals surface area contributed by atoms with Gasteiger partial charge in [0.25, 0.3) is 0 Å². The van der Waals surface area contributed by atoms with Gasteiger partial charge in [-0.2, -0.15) is 0 Å². The maximum Gasteiger partial charge on any atom is 0.191 e. The zero-order valence-electron chi connectivity index (χ0n) is 18.2. The summed E-state index contributed by atoms with van der Waals surface area (Å²) in [7, 11) is 5.60. The number of benzene rings is 1. The normalized spacial score (nSPS) is 11.5. The first-order chi connectivity index (χ1) is 13.0. The van der Waals surface area contributed by atoms with Crippen molar-refractivity contribution >= 4 is 29.9 Å². The Hall–Kier alpha value is -1.06. The zero-order chi connectivity index (χ0) is 19.9. The maximum absolute atomic E-state index is 5.88. The first kappa shape index (κ1) is 26.9. The number of nitrogens with one attached hydrogen (secondary N) is 2. The lowest BCUT2D eigenvalue weighted by molar-refractivity contribution is 0.150. The molecule has 0 bridgehead atoms. The minimum absolute atomic E-state index is 0. The number of aliphatic imine (C=N–C) groups is 1. The van der Waals surface area contributed by atoms with Crippen LogP contribution in [0.2, 0.25) is 0 Å². The van der Waals surface area contributed by atoms with Crippen LogP contribution in [-0.2, 0) is 11.3 Å².